The van der Waals surface area contributed by atoms with Gasteiger partial charge in [0.2, 0.25) is 10.0 Å². The number of hydrogen-bond acceptors (Lipinski definition) is 4. The van der Waals surface area contributed by atoms with E-state index in [0.717, 1.165) is 11.1 Å². The van der Waals surface area contributed by atoms with Gasteiger partial charge < -0.3 is 5.32 Å². The zero-order valence-corrected chi connectivity index (χ0v) is 19.3. The molecule has 1 heterocycles. The van der Waals surface area contributed by atoms with Crippen LogP contribution in [-0.2, 0) is 23.1 Å². The van der Waals surface area contributed by atoms with Crippen molar-refractivity contribution >= 4 is 15.9 Å². The van der Waals surface area contributed by atoms with Crippen LogP contribution in [0.25, 0.3) is 0 Å². The summed E-state index contributed by atoms with van der Waals surface area (Å²) in [4.78, 5) is 12.7. The van der Waals surface area contributed by atoms with E-state index in [1.165, 1.54) is 24.0 Å². The first-order valence-electron chi connectivity index (χ1n) is 9.99. The second-order valence-electron chi connectivity index (χ2n) is 7.81. The van der Waals surface area contributed by atoms with Crippen LogP contribution in [0.5, 0.6) is 0 Å². The summed E-state index contributed by atoms with van der Waals surface area (Å²) in [5, 5.41) is 7.34. The molecule has 0 radical (unpaired) electrons. The highest BCUT2D eigenvalue weighted by Gasteiger charge is 2.26. The number of carbonyl (C=O) groups excluding carboxylic acids is 1. The number of aromatic nitrogens is 2. The van der Waals surface area contributed by atoms with Crippen molar-refractivity contribution in [3.05, 3.63) is 82.2 Å². The molecule has 0 aliphatic rings. The Kier molecular flexibility index (Phi) is 6.62. The van der Waals surface area contributed by atoms with Crippen LogP contribution in [0.15, 0.2) is 53.4 Å². The van der Waals surface area contributed by atoms with E-state index in [2.05, 4.69) is 10.4 Å². The molecule has 1 N–H and O–H groups in total. The van der Waals surface area contributed by atoms with Crippen LogP contribution in [0, 0.1) is 20.8 Å². The van der Waals surface area contributed by atoms with Gasteiger partial charge in [-0.3, -0.25) is 9.48 Å². The zero-order valence-electron chi connectivity index (χ0n) is 18.5. The van der Waals surface area contributed by atoms with Crippen molar-refractivity contribution in [2.75, 3.05) is 14.1 Å². The smallest absolute Gasteiger partial charge is 0.251 e. The van der Waals surface area contributed by atoms with Gasteiger partial charge in [-0.1, -0.05) is 42.0 Å². The number of rotatable bonds is 7. The number of amides is 1. The molecule has 0 saturated heterocycles. The summed E-state index contributed by atoms with van der Waals surface area (Å²) in [5.41, 5.74) is 4.78. The van der Waals surface area contributed by atoms with Crippen molar-refractivity contribution in [1.29, 1.82) is 0 Å². The monoisotopic (exact) mass is 440 g/mol. The van der Waals surface area contributed by atoms with Crippen LogP contribution in [0.2, 0.25) is 0 Å². The molecular weight excluding hydrogens is 412 g/mol. The van der Waals surface area contributed by atoms with Crippen LogP contribution in [0.4, 0.5) is 0 Å². The standard InChI is InChI=1S/C23H28N4O3S/c1-16-6-8-19(9-7-16)14-24-23(28)21-12-10-20(11-13-21)15-27-18(3)22(17(2)25-27)31(29,30)26(4)5/h6-13H,14-15H2,1-5H3,(H,24,28). The number of aryl methyl sites for hydroxylation is 2. The Labute approximate surface area is 183 Å². The molecule has 0 spiro atoms. The third-order valence-corrected chi connectivity index (χ3v) is 7.24. The topological polar surface area (TPSA) is 84.3 Å². The summed E-state index contributed by atoms with van der Waals surface area (Å²) >= 11 is 0. The minimum Gasteiger partial charge on any atom is -0.348 e. The second kappa shape index (κ2) is 9.03. The molecule has 2 aromatic carbocycles. The molecule has 1 amide bonds. The molecule has 0 aliphatic heterocycles. The molecule has 7 nitrogen and oxygen atoms in total. The van der Waals surface area contributed by atoms with Crippen molar-refractivity contribution in [3.8, 4) is 0 Å². The Bertz CT molecular complexity index is 1180. The quantitative estimate of drug-likeness (QED) is 0.612. The van der Waals surface area contributed by atoms with Gasteiger partial charge in [0.15, 0.2) is 0 Å². The number of benzene rings is 2. The van der Waals surface area contributed by atoms with Gasteiger partial charge in [-0.05, 0) is 44.0 Å². The first-order chi connectivity index (χ1) is 14.6. The molecule has 1 aromatic heterocycles. The molecule has 164 valence electrons. The van der Waals surface area contributed by atoms with Gasteiger partial charge in [0, 0.05) is 26.2 Å². The largest absolute Gasteiger partial charge is 0.348 e. The normalized spacial score (nSPS) is 11.7. The predicted molar refractivity (Wildman–Crippen MR) is 120 cm³/mol. The summed E-state index contributed by atoms with van der Waals surface area (Å²) in [6, 6.07) is 15.3. The maximum absolute atomic E-state index is 12.6. The molecule has 31 heavy (non-hydrogen) atoms. The summed E-state index contributed by atoms with van der Waals surface area (Å²) in [6.45, 7) is 6.36. The average molecular weight is 441 g/mol. The highest BCUT2D eigenvalue weighted by atomic mass is 32.2. The fraction of sp³-hybridized carbons (Fsp3) is 0.304. The van der Waals surface area contributed by atoms with Crippen LogP contribution >= 0.6 is 0 Å². The molecule has 3 aromatic rings. The van der Waals surface area contributed by atoms with E-state index < -0.39 is 10.0 Å². The summed E-state index contributed by atoms with van der Waals surface area (Å²) in [6.07, 6.45) is 0. The highest BCUT2D eigenvalue weighted by Crippen LogP contribution is 2.22. The van der Waals surface area contributed by atoms with Crippen LogP contribution < -0.4 is 5.32 Å². The van der Waals surface area contributed by atoms with Gasteiger partial charge in [-0.15, -0.1) is 0 Å². The van der Waals surface area contributed by atoms with Gasteiger partial charge in [-0.2, -0.15) is 5.10 Å². The van der Waals surface area contributed by atoms with Crippen molar-refractivity contribution in [3.63, 3.8) is 0 Å². The minimum absolute atomic E-state index is 0.141. The first kappa shape index (κ1) is 22.7. The van der Waals surface area contributed by atoms with Gasteiger partial charge in [0.05, 0.1) is 17.9 Å². The Morgan fingerprint density at radius 1 is 0.968 bits per heavy atom. The van der Waals surface area contributed by atoms with Crippen molar-refractivity contribution in [2.45, 2.75) is 38.8 Å². The maximum atomic E-state index is 12.6. The summed E-state index contributed by atoms with van der Waals surface area (Å²) in [5.74, 6) is -0.141. The summed E-state index contributed by atoms with van der Waals surface area (Å²) in [7, 11) is -0.546. The number of nitrogens with zero attached hydrogens (tertiary/aromatic N) is 3. The fourth-order valence-electron chi connectivity index (χ4n) is 3.32. The Hall–Kier alpha value is -2.97. The van der Waals surface area contributed by atoms with Crippen molar-refractivity contribution in [1.82, 2.24) is 19.4 Å². The van der Waals surface area contributed by atoms with E-state index >= 15 is 0 Å². The van der Waals surface area contributed by atoms with Gasteiger partial charge in [0.1, 0.15) is 4.90 Å². The lowest BCUT2D eigenvalue weighted by molar-refractivity contribution is 0.0951. The maximum Gasteiger partial charge on any atom is 0.251 e. The molecule has 0 aliphatic carbocycles. The lowest BCUT2D eigenvalue weighted by atomic mass is 10.1. The van der Waals surface area contributed by atoms with Gasteiger partial charge in [-0.25, -0.2) is 12.7 Å². The number of carbonyl (C=O) groups is 1. The lowest BCUT2D eigenvalue weighted by Crippen LogP contribution is -2.23. The summed E-state index contributed by atoms with van der Waals surface area (Å²) < 4.78 is 28.0. The Morgan fingerprint density at radius 2 is 1.55 bits per heavy atom. The molecule has 0 saturated carbocycles. The molecule has 0 unspecified atom stereocenters. The van der Waals surface area contributed by atoms with Crippen molar-refractivity contribution < 1.29 is 13.2 Å². The molecule has 3 rings (SSSR count). The Balaban J connectivity index is 1.70. The SMILES string of the molecule is Cc1ccc(CNC(=O)c2ccc(Cn3nc(C)c(S(=O)(=O)N(C)C)c3C)cc2)cc1. The third kappa shape index (κ3) is 5.03. The minimum atomic E-state index is -3.56. The molecule has 0 bridgehead atoms. The third-order valence-electron chi connectivity index (χ3n) is 5.18. The lowest BCUT2D eigenvalue weighted by Gasteiger charge is -2.12. The van der Waals surface area contributed by atoms with E-state index in [1.807, 2.05) is 43.3 Å². The Morgan fingerprint density at radius 3 is 2.13 bits per heavy atom. The van der Waals surface area contributed by atoms with E-state index in [0.29, 0.717) is 30.0 Å². The van der Waals surface area contributed by atoms with Gasteiger partial charge in [0.25, 0.3) is 5.91 Å². The molecule has 0 fully saturated rings. The predicted octanol–water partition coefficient (Wildman–Crippen LogP) is 3.04. The van der Waals surface area contributed by atoms with E-state index in [9.17, 15) is 13.2 Å². The number of hydrogen-bond donors (Lipinski definition) is 1. The van der Waals surface area contributed by atoms with E-state index in [-0.39, 0.29) is 10.8 Å². The molecule has 0 atom stereocenters. The van der Waals surface area contributed by atoms with E-state index in [1.54, 1.807) is 30.7 Å². The van der Waals surface area contributed by atoms with Crippen molar-refractivity contribution in [2.24, 2.45) is 0 Å². The number of nitrogens with one attached hydrogen (secondary N) is 1. The van der Waals surface area contributed by atoms with E-state index in [4.69, 9.17) is 0 Å². The second-order valence-corrected chi connectivity index (χ2v) is 9.90. The molecular formula is C23H28N4O3S. The average Bonchev–Trinajstić information content (AvgIpc) is 3.01. The highest BCUT2D eigenvalue weighted by molar-refractivity contribution is 7.89. The van der Waals surface area contributed by atoms with Gasteiger partial charge >= 0.3 is 0 Å². The first-order valence-corrected chi connectivity index (χ1v) is 11.4. The zero-order chi connectivity index (χ0) is 22.8. The van der Waals surface area contributed by atoms with Crippen LogP contribution in [-0.4, -0.2) is 42.5 Å². The molecule has 8 heteroatoms. The van der Waals surface area contributed by atoms with Crippen LogP contribution in [0.1, 0.15) is 38.4 Å². The number of sulfonamides is 1. The van der Waals surface area contributed by atoms with Crippen LogP contribution in [0.3, 0.4) is 0 Å². The fourth-order valence-corrected chi connectivity index (χ4v) is 4.57.